The number of amides is 1. The first-order valence-corrected chi connectivity index (χ1v) is 10.8. The van der Waals surface area contributed by atoms with E-state index < -0.39 is 0 Å². The number of hydrogen-bond donors (Lipinski definition) is 2. The molecular formula is C19H15BrN4OS2. The van der Waals surface area contributed by atoms with Gasteiger partial charge in [0.15, 0.2) is 10.3 Å². The number of imidazole rings is 1. The van der Waals surface area contributed by atoms with Gasteiger partial charge in [0.1, 0.15) is 0 Å². The number of rotatable bonds is 5. The fraction of sp³-hybridized carbons (Fsp3) is 0.105. The first kappa shape index (κ1) is 18.2. The molecule has 0 saturated heterocycles. The molecule has 5 nitrogen and oxygen atoms in total. The number of nitrogens with one attached hydrogen (secondary N) is 2. The number of hydrogen-bond acceptors (Lipinski definition) is 5. The maximum absolute atomic E-state index is 12.5. The monoisotopic (exact) mass is 458 g/mol. The van der Waals surface area contributed by atoms with E-state index in [2.05, 4.69) is 36.2 Å². The lowest BCUT2D eigenvalue weighted by molar-refractivity contribution is -0.115. The van der Waals surface area contributed by atoms with Crippen LogP contribution in [0, 0.1) is 0 Å². The van der Waals surface area contributed by atoms with E-state index in [4.69, 9.17) is 0 Å². The molecule has 0 radical (unpaired) electrons. The van der Waals surface area contributed by atoms with Crippen molar-refractivity contribution < 1.29 is 4.79 Å². The molecule has 1 amide bonds. The van der Waals surface area contributed by atoms with Gasteiger partial charge in [0.05, 0.1) is 22.0 Å². The molecule has 27 heavy (non-hydrogen) atoms. The van der Waals surface area contributed by atoms with E-state index in [0.717, 1.165) is 31.9 Å². The number of thiazole rings is 1. The first-order valence-electron chi connectivity index (χ1n) is 8.22. The van der Waals surface area contributed by atoms with Gasteiger partial charge in [-0.2, -0.15) is 0 Å². The van der Waals surface area contributed by atoms with Crippen LogP contribution in [0.4, 0.5) is 5.13 Å². The molecule has 0 bridgehead atoms. The number of aromatic nitrogens is 3. The van der Waals surface area contributed by atoms with Gasteiger partial charge >= 0.3 is 0 Å². The third-order valence-electron chi connectivity index (χ3n) is 3.90. The van der Waals surface area contributed by atoms with E-state index in [-0.39, 0.29) is 11.2 Å². The molecule has 2 N–H and O–H groups in total. The lowest BCUT2D eigenvalue weighted by Gasteiger charge is -2.08. The molecule has 2 aromatic heterocycles. The molecule has 0 saturated carbocycles. The molecule has 4 aromatic rings. The van der Waals surface area contributed by atoms with Crippen LogP contribution in [0.15, 0.2) is 63.5 Å². The number of aromatic amines is 1. The van der Waals surface area contributed by atoms with Crippen molar-refractivity contribution in [2.24, 2.45) is 0 Å². The molecule has 1 unspecified atom stereocenters. The number of halogens is 1. The SMILES string of the molecule is CC(Sc1nc2ccccc2[nH]1)C(=O)Nc1nc(-c2ccc(Br)cc2)cs1. The third-order valence-corrected chi connectivity index (χ3v) is 6.17. The molecule has 0 aliphatic heterocycles. The van der Waals surface area contributed by atoms with Crippen LogP contribution in [0.3, 0.4) is 0 Å². The summed E-state index contributed by atoms with van der Waals surface area (Å²) in [6.07, 6.45) is 0. The molecule has 0 aliphatic carbocycles. The maximum Gasteiger partial charge on any atom is 0.239 e. The standard InChI is InChI=1S/C19H15BrN4OS2/c1-11(27-19-21-14-4-2-3-5-15(14)22-19)17(25)24-18-23-16(10-26-18)12-6-8-13(20)9-7-12/h2-11H,1H3,(H,21,22)(H,23,24,25). The summed E-state index contributed by atoms with van der Waals surface area (Å²) < 4.78 is 1.02. The Hall–Kier alpha value is -2.16. The van der Waals surface area contributed by atoms with E-state index >= 15 is 0 Å². The van der Waals surface area contributed by atoms with Crippen LogP contribution in [0.5, 0.6) is 0 Å². The van der Waals surface area contributed by atoms with Crippen LogP contribution in [-0.2, 0) is 4.79 Å². The lowest BCUT2D eigenvalue weighted by Crippen LogP contribution is -2.22. The number of thioether (sulfide) groups is 1. The first-order chi connectivity index (χ1) is 13.1. The molecule has 2 heterocycles. The van der Waals surface area contributed by atoms with Crippen molar-refractivity contribution in [3.63, 3.8) is 0 Å². The number of carbonyl (C=O) groups excluding carboxylic acids is 1. The van der Waals surface area contributed by atoms with Gasteiger partial charge in [-0.25, -0.2) is 9.97 Å². The van der Waals surface area contributed by atoms with E-state index in [9.17, 15) is 4.79 Å². The zero-order valence-electron chi connectivity index (χ0n) is 14.3. The zero-order chi connectivity index (χ0) is 18.8. The summed E-state index contributed by atoms with van der Waals surface area (Å²) in [7, 11) is 0. The number of benzene rings is 2. The summed E-state index contributed by atoms with van der Waals surface area (Å²) in [5.74, 6) is -0.0998. The fourth-order valence-corrected chi connectivity index (χ4v) is 4.31. The zero-order valence-corrected chi connectivity index (χ0v) is 17.5. The van der Waals surface area contributed by atoms with Crippen LogP contribution in [-0.4, -0.2) is 26.1 Å². The maximum atomic E-state index is 12.5. The molecule has 136 valence electrons. The van der Waals surface area contributed by atoms with Gasteiger partial charge in [0.2, 0.25) is 5.91 Å². The van der Waals surface area contributed by atoms with Gasteiger partial charge < -0.3 is 10.3 Å². The van der Waals surface area contributed by atoms with Crippen molar-refractivity contribution in [2.45, 2.75) is 17.3 Å². The van der Waals surface area contributed by atoms with Gasteiger partial charge in [-0.05, 0) is 31.2 Å². The van der Waals surface area contributed by atoms with Crippen LogP contribution >= 0.6 is 39.0 Å². The van der Waals surface area contributed by atoms with E-state index in [1.165, 1.54) is 23.1 Å². The Morgan fingerprint density at radius 3 is 2.74 bits per heavy atom. The lowest BCUT2D eigenvalue weighted by atomic mass is 10.2. The summed E-state index contributed by atoms with van der Waals surface area (Å²) in [5, 5.41) is 5.86. The topological polar surface area (TPSA) is 70.7 Å². The second kappa shape index (κ2) is 7.84. The highest BCUT2D eigenvalue weighted by atomic mass is 79.9. The van der Waals surface area contributed by atoms with Gasteiger partial charge in [0.25, 0.3) is 0 Å². The van der Waals surface area contributed by atoms with Crippen LogP contribution in [0.25, 0.3) is 22.3 Å². The quantitative estimate of drug-likeness (QED) is 0.383. The molecular weight excluding hydrogens is 444 g/mol. The minimum atomic E-state index is -0.300. The fourth-order valence-electron chi connectivity index (χ4n) is 2.50. The average Bonchev–Trinajstić information content (AvgIpc) is 3.28. The Kier molecular flexibility index (Phi) is 5.29. The number of para-hydroxylation sites is 2. The predicted octanol–water partition coefficient (Wildman–Crippen LogP) is 5.57. The van der Waals surface area contributed by atoms with Crippen molar-refractivity contribution in [1.29, 1.82) is 0 Å². The van der Waals surface area contributed by atoms with Crippen LogP contribution in [0.2, 0.25) is 0 Å². The molecule has 2 aromatic carbocycles. The summed E-state index contributed by atoms with van der Waals surface area (Å²) in [4.78, 5) is 24.8. The number of carbonyl (C=O) groups is 1. The number of fused-ring (bicyclic) bond motifs is 1. The highest BCUT2D eigenvalue weighted by Gasteiger charge is 2.18. The smallest absolute Gasteiger partial charge is 0.239 e. The second-order valence-electron chi connectivity index (χ2n) is 5.85. The number of anilines is 1. The van der Waals surface area contributed by atoms with Crippen molar-refractivity contribution in [1.82, 2.24) is 15.0 Å². The van der Waals surface area contributed by atoms with Crippen LogP contribution in [0.1, 0.15) is 6.92 Å². The van der Waals surface area contributed by atoms with Crippen molar-refractivity contribution in [3.8, 4) is 11.3 Å². The summed E-state index contributed by atoms with van der Waals surface area (Å²) >= 11 is 6.24. The van der Waals surface area contributed by atoms with Crippen molar-refractivity contribution >= 4 is 61.1 Å². The van der Waals surface area contributed by atoms with Gasteiger partial charge in [-0.15, -0.1) is 11.3 Å². The van der Waals surface area contributed by atoms with Crippen molar-refractivity contribution in [3.05, 3.63) is 58.4 Å². The molecule has 4 rings (SSSR count). The van der Waals surface area contributed by atoms with E-state index in [1.54, 1.807) is 0 Å². The second-order valence-corrected chi connectivity index (χ2v) is 8.96. The Labute approximate surface area is 172 Å². The number of nitrogens with zero attached hydrogens (tertiary/aromatic N) is 2. The largest absolute Gasteiger partial charge is 0.333 e. The Morgan fingerprint density at radius 2 is 1.96 bits per heavy atom. The van der Waals surface area contributed by atoms with E-state index in [0.29, 0.717) is 5.13 Å². The van der Waals surface area contributed by atoms with Crippen molar-refractivity contribution in [2.75, 3.05) is 5.32 Å². The minimum Gasteiger partial charge on any atom is -0.333 e. The third kappa shape index (κ3) is 4.23. The molecule has 0 aliphatic rings. The molecule has 1 atom stereocenters. The highest BCUT2D eigenvalue weighted by molar-refractivity contribution is 9.10. The summed E-state index contributed by atoms with van der Waals surface area (Å²) in [6, 6.07) is 15.7. The minimum absolute atomic E-state index is 0.0998. The number of H-pyrrole nitrogens is 1. The summed E-state index contributed by atoms with van der Waals surface area (Å²) in [6.45, 7) is 1.86. The Morgan fingerprint density at radius 1 is 1.19 bits per heavy atom. The Bertz CT molecular complexity index is 1060. The van der Waals surface area contributed by atoms with E-state index in [1.807, 2.05) is 60.8 Å². The predicted molar refractivity (Wildman–Crippen MR) is 115 cm³/mol. The normalized spacial score (nSPS) is 12.2. The highest BCUT2D eigenvalue weighted by Crippen LogP contribution is 2.28. The van der Waals surface area contributed by atoms with Crippen LogP contribution < -0.4 is 5.32 Å². The summed E-state index contributed by atoms with van der Waals surface area (Å²) in [5.41, 5.74) is 3.72. The molecule has 8 heteroatoms. The Balaban J connectivity index is 1.41. The van der Waals surface area contributed by atoms with Gasteiger partial charge in [-0.1, -0.05) is 52.0 Å². The average molecular weight is 459 g/mol. The molecule has 0 spiro atoms. The van der Waals surface area contributed by atoms with Gasteiger partial charge in [0, 0.05) is 15.4 Å². The van der Waals surface area contributed by atoms with Gasteiger partial charge in [-0.3, -0.25) is 4.79 Å². The molecule has 0 fully saturated rings.